The van der Waals surface area contributed by atoms with E-state index in [1.807, 2.05) is 6.92 Å². The summed E-state index contributed by atoms with van der Waals surface area (Å²) in [5.74, 6) is 0.859. The summed E-state index contributed by atoms with van der Waals surface area (Å²) in [5.41, 5.74) is 0.446. The summed E-state index contributed by atoms with van der Waals surface area (Å²) in [5, 5.41) is 13.0. The zero-order valence-electron chi connectivity index (χ0n) is 13.4. The second-order valence-electron chi connectivity index (χ2n) is 6.86. The molecule has 19 heavy (non-hydrogen) atoms. The third-order valence-corrected chi connectivity index (χ3v) is 4.47. The van der Waals surface area contributed by atoms with Crippen LogP contribution in [0, 0.1) is 11.3 Å². The zero-order chi connectivity index (χ0) is 14.3. The van der Waals surface area contributed by atoms with Gasteiger partial charge in [-0.05, 0) is 51.1 Å². The molecule has 0 aromatic rings. The molecule has 0 aliphatic heterocycles. The first kappa shape index (κ1) is 16.9. The molecule has 1 rings (SSSR count). The molecule has 3 atom stereocenters. The Kier molecular flexibility index (Phi) is 7.33. The molecular weight excluding hydrogens is 236 g/mol. The molecule has 0 aromatic carbocycles. The van der Waals surface area contributed by atoms with Crippen LogP contribution in [0.1, 0.15) is 52.9 Å². The first-order chi connectivity index (χ1) is 8.97. The molecule has 0 radical (unpaired) electrons. The first-order valence-electron chi connectivity index (χ1n) is 8.05. The summed E-state index contributed by atoms with van der Waals surface area (Å²) in [7, 11) is 2.20. The van der Waals surface area contributed by atoms with Gasteiger partial charge in [0.1, 0.15) is 0 Å². The van der Waals surface area contributed by atoms with Gasteiger partial charge in [0.05, 0.1) is 6.10 Å². The van der Waals surface area contributed by atoms with Crippen molar-refractivity contribution in [2.45, 2.75) is 59.0 Å². The van der Waals surface area contributed by atoms with E-state index in [1.165, 1.54) is 25.7 Å². The fourth-order valence-electron chi connectivity index (χ4n) is 3.58. The maximum Gasteiger partial charge on any atom is 0.0524 e. The third-order valence-electron chi connectivity index (χ3n) is 4.47. The number of hydrogen-bond donors (Lipinski definition) is 2. The second kappa shape index (κ2) is 8.23. The van der Waals surface area contributed by atoms with Gasteiger partial charge in [-0.25, -0.2) is 0 Å². The lowest BCUT2D eigenvalue weighted by atomic mass is 9.69. The standard InChI is InChI=1S/C16H34N2O/c1-5-17-12-16(9-6-7-14(2)11-16)13-18(4)10-8-15(3)19/h14-15,17,19H,5-13H2,1-4H3. The van der Waals surface area contributed by atoms with Crippen LogP contribution in [0.4, 0.5) is 0 Å². The number of aliphatic hydroxyl groups excluding tert-OH is 1. The topological polar surface area (TPSA) is 35.5 Å². The monoisotopic (exact) mass is 270 g/mol. The summed E-state index contributed by atoms with van der Waals surface area (Å²) >= 11 is 0. The van der Waals surface area contributed by atoms with E-state index in [0.29, 0.717) is 5.41 Å². The van der Waals surface area contributed by atoms with Crippen molar-refractivity contribution in [2.24, 2.45) is 11.3 Å². The van der Waals surface area contributed by atoms with Crippen LogP contribution in [0.5, 0.6) is 0 Å². The van der Waals surface area contributed by atoms with Crippen LogP contribution in [-0.2, 0) is 0 Å². The van der Waals surface area contributed by atoms with Gasteiger partial charge in [-0.1, -0.05) is 26.7 Å². The van der Waals surface area contributed by atoms with Crippen LogP contribution in [0.3, 0.4) is 0 Å². The molecule has 114 valence electrons. The van der Waals surface area contributed by atoms with Crippen molar-refractivity contribution in [1.29, 1.82) is 0 Å². The highest BCUT2D eigenvalue weighted by atomic mass is 16.3. The molecule has 3 unspecified atom stereocenters. The van der Waals surface area contributed by atoms with E-state index < -0.39 is 0 Å². The average Bonchev–Trinajstić information content (AvgIpc) is 2.34. The number of nitrogens with zero attached hydrogens (tertiary/aromatic N) is 1. The molecule has 0 spiro atoms. The zero-order valence-corrected chi connectivity index (χ0v) is 13.4. The predicted octanol–water partition coefficient (Wildman–Crippen LogP) is 2.50. The second-order valence-corrected chi connectivity index (χ2v) is 6.86. The lowest BCUT2D eigenvalue weighted by Gasteiger charge is -2.43. The van der Waals surface area contributed by atoms with Gasteiger partial charge < -0.3 is 15.3 Å². The van der Waals surface area contributed by atoms with Crippen LogP contribution >= 0.6 is 0 Å². The van der Waals surface area contributed by atoms with Gasteiger partial charge in [0.15, 0.2) is 0 Å². The van der Waals surface area contributed by atoms with Gasteiger partial charge in [0.2, 0.25) is 0 Å². The Morgan fingerprint density at radius 3 is 2.79 bits per heavy atom. The molecule has 1 saturated carbocycles. The molecule has 0 saturated heterocycles. The normalized spacial score (nSPS) is 29.7. The van der Waals surface area contributed by atoms with Gasteiger partial charge >= 0.3 is 0 Å². The lowest BCUT2D eigenvalue weighted by molar-refractivity contribution is 0.0830. The molecular formula is C16H34N2O. The van der Waals surface area contributed by atoms with Gasteiger partial charge in [-0.3, -0.25) is 0 Å². The summed E-state index contributed by atoms with van der Waals surface area (Å²) in [6, 6.07) is 0. The average molecular weight is 270 g/mol. The number of nitrogens with one attached hydrogen (secondary N) is 1. The Balaban J connectivity index is 2.52. The Morgan fingerprint density at radius 2 is 2.21 bits per heavy atom. The van der Waals surface area contributed by atoms with Crippen LogP contribution in [0.15, 0.2) is 0 Å². The van der Waals surface area contributed by atoms with E-state index in [-0.39, 0.29) is 6.10 Å². The molecule has 1 aliphatic rings. The molecule has 0 amide bonds. The fourth-order valence-corrected chi connectivity index (χ4v) is 3.58. The summed E-state index contributed by atoms with van der Waals surface area (Å²) in [6.07, 6.45) is 6.16. The SMILES string of the molecule is CCNCC1(CN(C)CCC(C)O)CCCC(C)C1. The van der Waals surface area contributed by atoms with Crippen LogP contribution in [0.2, 0.25) is 0 Å². The highest BCUT2D eigenvalue weighted by molar-refractivity contribution is 4.89. The van der Waals surface area contributed by atoms with Gasteiger partial charge in [0.25, 0.3) is 0 Å². The third kappa shape index (κ3) is 6.24. The Bertz CT molecular complexity index is 245. The molecule has 3 heteroatoms. The summed E-state index contributed by atoms with van der Waals surface area (Å²) in [4.78, 5) is 2.42. The predicted molar refractivity (Wildman–Crippen MR) is 82.4 cm³/mol. The van der Waals surface area contributed by atoms with Crippen LogP contribution < -0.4 is 5.32 Å². The Labute approximate surface area is 119 Å². The van der Waals surface area contributed by atoms with Crippen molar-refractivity contribution >= 4 is 0 Å². The van der Waals surface area contributed by atoms with Crippen molar-refractivity contribution in [3.63, 3.8) is 0 Å². The van der Waals surface area contributed by atoms with E-state index in [9.17, 15) is 5.11 Å². The fraction of sp³-hybridized carbons (Fsp3) is 1.00. The minimum Gasteiger partial charge on any atom is -0.393 e. The molecule has 1 fully saturated rings. The van der Waals surface area contributed by atoms with Crippen molar-refractivity contribution in [1.82, 2.24) is 10.2 Å². The Hall–Kier alpha value is -0.120. The lowest BCUT2D eigenvalue weighted by Crippen LogP contribution is -2.46. The maximum absolute atomic E-state index is 9.42. The van der Waals surface area contributed by atoms with Crippen molar-refractivity contribution < 1.29 is 5.11 Å². The highest BCUT2D eigenvalue weighted by Gasteiger charge is 2.35. The van der Waals surface area contributed by atoms with Gasteiger partial charge in [0, 0.05) is 19.6 Å². The van der Waals surface area contributed by atoms with Crippen molar-refractivity contribution in [3.8, 4) is 0 Å². The van der Waals surface area contributed by atoms with Crippen LogP contribution in [0.25, 0.3) is 0 Å². The minimum absolute atomic E-state index is 0.183. The number of hydrogen-bond acceptors (Lipinski definition) is 3. The van der Waals surface area contributed by atoms with Crippen molar-refractivity contribution in [3.05, 3.63) is 0 Å². The Morgan fingerprint density at radius 1 is 1.47 bits per heavy atom. The minimum atomic E-state index is -0.183. The van der Waals surface area contributed by atoms with Gasteiger partial charge in [-0.2, -0.15) is 0 Å². The summed E-state index contributed by atoms with van der Waals surface area (Å²) in [6.45, 7) is 10.8. The number of aliphatic hydroxyl groups is 1. The molecule has 2 N–H and O–H groups in total. The van der Waals surface area contributed by atoms with Crippen molar-refractivity contribution in [2.75, 3.05) is 33.2 Å². The number of rotatable bonds is 8. The van der Waals surface area contributed by atoms with E-state index in [1.54, 1.807) is 0 Å². The summed E-state index contributed by atoms with van der Waals surface area (Å²) < 4.78 is 0. The van der Waals surface area contributed by atoms with Gasteiger partial charge in [-0.15, -0.1) is 0 Å². The van der Waals surface area contributed by atoms with E-state index in [0.717, 1.165) is 38.5 Å². The maximum atomic E-state index is 9.42. The smallest absolute Gasteiger partial charge is 0.0524 e. The van der Waals surface area contributed by atoms with E-state index >= 15 is 0 Å². The van der Waals surface area contributed by atoms with E-state index in [4.69, 9.17) is 0 Å². The first-order valence-corrected chi connectivity index (χ1v) is 8.05. The molecule has 1 aliphatic carbocycles. The largest absolute Gasteiger partial charge is 0.393 e. The van der Waals surface area contributed by atoms with Crippen LogP contribution in [-0.4, -0.2) is 49.3 Å². The highest BCUT2D eigenvalue weighted by Crippen LogP contribution is 2.39. The molecule has 0 bridgehead atoms. The quantitative estimate of drug-likeness (QED) is 0.711. The molecule has 3 nitrogen and oxygen atoms in total. The molecule has 0 heterocycles. The molecule has 0 aromatic heterocycles. The van der Waals surface area contributed by atoms with E-state index in [2.05, 4.69) is 31.1 Å².